The molecule has 1 N–H and O–H groups in total. The van der Waals surface area contributed by atoms with Crippen molar-refractivity contribution in [3.63, 3.8) is 0 Å². The fraction of sp³-hybridized carbons (Fsp3) is 0.484. The lowest BCUT2D eigenvalue weighted by molar-refractivity contribution is 0.0736. The summed E-state index contributed by atoms with van der Waals surface area (Å²) >= 11 is 1.69. The van der Waals surface area contributed by atoms with Gasteiger partial charge in [-0.3, -0.25) is 9.59 Å². The number of unbranched alkanes of at least 4 members (excludes halogenated alkanes) is 2. The van der Waals surface area contributed by atoms with Gasteiger partial charge in [0.05, 0.1) is 5.52 Å². The predicted octanol–water partition coefficient (Wildman–Crippen LogP) is 7.29. The van der Waals surface area contributed by atoms with Crippen LogP contribution in [0, 0.1) is 16.7 Å². The monoisotopic (exact) mass is 502 g/mol. The molecule has 0 radical (unpaired) electrons. The van der Waals surface area contributed by atoms with Gasteiger partial charge in [0.2, 0.25) is 5.43 Å². The SMILES string of the molecule is CCCCCn1cc(C(=O)N[C@@H]2C(C)(C)[C@H]3CC[C@]2(C)C3)c(=O)c2ccc(Sc3ccccc3)cc21. The lowest BCUT2D eigenvalue weighted by atomic mass is 9.68. The molecule has 2 aliphatic rings. The summed E-state index contributed by atoms with van der Waals surface area (Å²) in [5, 5.41) is 3.97. The second-order valence-corrected chi connectivity index (χ2v) is 12.8. The van der Waals surface area contributed by atoms with Crippen LogP contribution in [0.15, 0.2) is 69.3 Å². The van der Waals surface area contributed by atoms with Gasteiger partial charge < -0.3 is 9.88 Å². The van der Waals surface area contributed by atoms with Crippen LogP contribution in [-0.2, 0) is 6.54 Å². The van der Waals surface area contributed by atoms with Gasteiger partial charge in [0.15, 0.2) is 0 Å². The van der Waals surface area contributed by atoms with Crippen molar-refractivity contribution in [2.45, 2.75) is 88.6 Å². The fourth-order valence-corrected chi connectivity index (χ4v) is 7.68. The Morgan fingerprint density at radius 1 is 1.08 bits per heavy atom. The van der Waals surface area contributed by atoms with Crippen molar-refractivity contribution in [2.24, 2.45) is 16.7 Å². The Morgan fingerprint density at radius 3 is 2.56 bits per heavy atom. The van der Waals surface area contributed by atoms with Gasteiger partial charge in [-0.25, -0.2) is 0 Å². The molecule has 4 nitrogen and oxygen atoms in total. The zero-order valence-electron chi connectivity index (χ0n) is 22.0. The van der Waals surface area contributed by atoms with Crippen LogP contribution in [0.3, 0.4) is 0 Å². The number of aryl methyl sites for hydroxylation is 1. The lowest BCUT2D eigenvalue weighted by Crippen LogP contribution is -2.53. The highest BCUT2D eigenvalue weighted by Crippen LogP contribution is 2.62. The summed E-state index contributed by atoms with van der Waals surface area (Å²) in [6.07, 6.45) is 8.61. The molecular weight excluding hydrogens is 464 g/mol. The van der Waals surface area contributed by atoms with E-state index in [1.807, 2.05) is 36.5 Å². The van der Waals surface area contributed by atoms with E-state index in [0.29, 0.717) is 11.3 Å². The Bertz CT molecular complexity index is 1320. The standard InChI is InChI=1S/C31H38N2O2S/c1-5-6-10-17-33-20-25(28(35)32-29-30(2,3)21-15-16-31(29,4)19-21)27(34)24-14-13-23(18-26(24)33)36-22-11-8-7-9-12-22/h7-9,11-14,18,20-21,29H,5-6,10,15-17,19H2,1-4H3,(H,32,35)/t21-,29+,31+/m0/s1. The second-order valence-electron chi connectivity index (χ2n) is 11.7. The number of pyridine rings is 1. The molecule has 0 unspecified atom stereocenters. The minimum atomic E-state index is -0.222. The number of hydrogen-bond donors (Lipinski definition) is 1. The summed E-state index contributed by atoms with van der Waals surface area (Å²) in [5.74, 6) is 0.413. The maximum Gasteiger partial charge on any atom is 0.257 e. The Balaban J connectivity index is 1.50. The molecule has 0 spiro atoms. The van der Waals surface area contributed by atoms with Crippen LogP contribution < -0.4 is 10.7 Å². The van der Waals surface area contributed by atoms with Crippen LogP contribution in [0.25, 0.3) is 10.9 Å². The minimum absolute atomic E-state index is 0.0449. The van der Waals surface area contributed by atoms with Gasteiger partial charge in [-0.2, -0.15) is 0 Å². The number of nitrogens with one attached hydrogen (secondary N) is 1. The topological polar surface area (TPSA) is 51.1 Å². The van der Waals surface area contributed by atoms with Crippen LogP contribution in [0.2, 0.25) is 0 Å². The molecule has 5 heteroatoms. The number of benzene rings is 2. The number of rotatable bonds is 8. The second kappa shape index (κ2) is 9.74. The van der Waals surface area contributed by atoms with Gasteiger partial charge in [-0.05, 0) is 72.8 Å². The number of carbonyl (C=O) groups is 1. The van der Waals surface area contributed by atoms with E-state index in [1.165, 1.54) is 6.42 Å². The highest BCUT2D eigenvalue weighted by atomic mass is 32.2. The Hall–Kier alpha value is -2.53. The Morgan fingerprint density at radius 2 is 1.86 bits per heavy atom. The van der Waals surface area contributed by atoms with E-state index in [9.17, 15) is 9.59 Å². The average Bonchev–Trinajstić information content (AvgIpc) is 3.35. The first-order valence-electron chi connectivity index (χ1n) is 13.4. The highest BCUT2D eigenvalue weighted by molar-refractivity contribution is 7.99. The summed E-state index contributed by atoms with van der Waals surface area (Å²) in [5.41, 5.74) is 1.16. The number of fused-ring (bicyclic) bond motifs is 3. The third-order valence-corrected chi connectivity index (χ3v) is 9.82. The maximum absolute atomic E-state index is 13.6. The van der Waals surface area contributed by atoms with Crippen molar-refractivity contribution >= 4 is 28.6 Å². The number of amides is 1. The van der Waals surface area contributed by atoms with E-state index in [1.54, 1.807) is 11.8 Å². The summed E-state index contributed by atoms with van der Waals surface area (Å²) < 4.78 is 2.13. The van der Waals surface area contributed by atoms with Crippen LogP contribution in [0.4, 0.5) is 0 Å². The summed E-state index contributed by atoms with van der Waals surface area (Å²) in [6.45, 7) is 9.85. The average molecular weight is 503 g/mol. The normalized spacial score (nSPS) is 24.3. The van der Waals surface area contributed by atoms with Gasteiger partial charge in [0, 0.05) is 34.0 Å². The molecule has 1 aromatic heterocycles. The fourth-order valence-electron chi connectivity index (χ4n) is 6.81. The largest absolute Gasteiger partial charge is 0.348 e. The first kappa shape index (κ1) is 25.1. The molecule has 2 aliphatic carbocycles. The van der Waals surface area contributed by atoms with E-state index in [2.05, 4.69) is 55.8 Å². The number of nitrogens with zero attached hydrogens (tertiary/aromatic N) is 1. The van der Waals surface area contributed by atoms with E-state index in [0.717, 1.165) is 54.0 Å². The first-order valence-corrected chi connectivity index (χ1v) is 14.3. The molecular formula is C31H38N2O2S. The predicted molar refractivity (Wildman–Crippen MR) is 149 cm³/mol. The number of carbonyl (C=O) groups excluding carboxylic acids is 1. The molecule has 2 aromatic carbocycles. The van der Waals surface area contributed by atoms with Crippen LogP contribution in [0.1, 0.15) is 76.6 Å². The number of hydrogen-bond acceptors (Lipinski definition) is 3. The zero-order chi connectivity index (χ0) is 25.5. The molecule has 36 heavy (non-hydrogen) atoms. The molecule has 1 amide bonds. The van der Waals surface area contributed by atoms with Gasteiger partial charge >= 0.3 is 0 Å². The van der Waals surface area contributed by atoms with Crippen molar-refractivity contribution in [3.8, 4) is 0 Å². The van der Waals surface area contributed by atoms with Gasteiger partial charge in [0.1, 0.15) is 5.56 Å². The molecule has 2 bridgehead atoms. The van der Waals surface area contributed by atoms with Crippen molar-refractivity contribution < 1.29 is 4.79 Å². The molecule has 3 aromatic rings. The number of aromatic nitrogens is 1. The molecule has 0 aliphatic heterocycles. The van der Waals surface area contributed by atoms with Gasteiger partial charge in [-0.15, -0.1) is 0 Å². The maximum atomic E-state index is 13.6. The third kappa shape index (κ3) is 4.51. The first-order chi connectivity index (χ1) is 17.2. The zero-order valence-corrected chi connectivity index (χ0v) is 22.8. The van der Waals surface area contributed by atoms with Crippen molar-refractivity contribution in [1.82, 2.24) is 9.88 Å². The van der Waals surface area contributed by atoms with E-state index >= 15 is 0 Å². The van der Waals surface area contributed by atoms with Crippen molar-refractivity contribution in [2.75, 3.05) is 0 Å². The van der Waals surface area contributed by atoms with Crippen molar-refractivity contribution in [3.05, 3.63) is 70.5 Å². The van der Waals surface area contributed by atoms with E-state index in [4.69, 9.17) is 0 Å². The molecule has 2 saturated carbocycles. The van der Waals surface area contributed by atoms with Crippen molar-refractivity contribution in [1.29, 1.82) is 0 Å². The van der Waals surface area contributed by atoms with Gasteiger partial charge in [0.25, 0.3) is 5.91 Å². The quantitative estimate of drug-likeness (QED) is 0.329. The molecule has 2 fully saturated rings. The summed E-state index contributed by atoms with van der Waals surface area (Å²) in [6, 6.07) is 16.4. The molecule has 0 saturated heterocycles. The molecule has 1 heterocycles. The summed E-state index contributed by atoms with van der Waals surface area (Å²) in [7, 11) is 0. The summed E-state index contributed by atoms with van der Waals surface area (Å²) in [4.78, 5) is 29.5. The van der Waals surface area contributed by atoms with Crippen LogP contribution >= 0.6 is 11.8 Å². The van der Waals surface area contributed by atoms with E-state index < -0.39 is 0 Å². The Labute approximate surface area is 218 Å². The highest BCUT2D eigenvalue weighted by Gasteiger charge is 2.59. The van der Waals surface area contributed by atoms with Crippen LogP contribution in [-0.4, -0.2) is 16.5 Å². The molecule has 3 atom stereocenters. The third-order valence-electron chi connectivity index (χ3n) is 8.82. The van der Waals surface area contributed by atoms with E-state index in [-0.39, 0.29) is 33.8 Å². The molecule has 5 rings (SSSR count). The lowest BCUT2D eigenvalue weighted by Gasteiger charge is -2.43. The minimum Gasteiger partial charge on any atom is -0.348 e. The smallest absolute Gasteiger partial charge is 0.257 e. The van der Waals surface area contributed by atoms with Crippen LogP contribution in [0.5, 0.6) is 0 Å². The van der Waals surface area contributed by atoms with Gasteiger partial charge in [-0.1, -0.05) is 70.5 Å². The Kier molecular flexibility index (Phi) is 6.80. The molecule has 190 valence electrons.